The molecule has 1 saturated carbocycles. The number of benzene rings is 1. The molecule has 0 radical (unpaired) electrons. The zero-order valence-electron chi connectivity index (χ0n) is 13.3. The lowest BCUT2D eigenvalue weighted by molar-refractivity contribution is 0.190. The number of aryl methyl sites for hydroxylation is 1. The highest BCUT2D eigenvalue weighted by atomic mass is 16.5. The van der Waals surface area contributed by atoms with Crippen molar-refractivity contribution < 1.29 is 4.74 Å². The molecule has 0 saturated heterocycles. The van der Waals surface area contributed by atoms with Crippen LogP contribution in [0.2, 0.25) is 0 Å². The first kappa shape index (κ1) is 14.9. The molecule has 3 heteroatoms. The van der Waals surface area contributed by atoms with E-state index in [1.54, 1.807) is 0 Å². The molecule has 0 amide bonds. The normalized spacial score (nSPS) is 24.6. The quantitative estimate of drug-likeness (QED) is 0.646. The Hall–Kier alpha value is -1.06. The third kappa shape index (κ3) is 3.09. The van der Waals surface area contributed by atoms with Gasteiger partial charge in [-0.15, -0.1) is 0 Å². The van der Waals surface area contributed by atoms with Gasteiger partial charge in [0.25, 0.3) is 0 Å². The Balaban J connectivity index is 1.63. The zero-order chi connectivity index (χ0) is 14.9. The summed E-state index contributed by atoms with van der Waals surface area (Å²) in [5.41, 5.74) is 6.30. The van der Waals surface area contributed by atoms with Gasteiger partial charge < -0.3 is 4.74 Å². The molecule has 0 spiro atoms. The average Bonchev–Trinajstić information content (AvgIpc) is 3.05. The third-order valence-electron chi connectivity index (χ3n) is 5.54. The van der Waals surface area contributed by atoms with Crippen molar-refractivity contribution in [3.8, 4) is 5.75 Å². The highest BCUT2D eigenvalue weighted by Crippen LogP contribution is 2.45. The van der Waals surface area contributed by atoms with E-state index in [2.05, 4.69) is 37.5 Å². The van der Waals surface area contributed by atoms with Crippen molar-refractivity contribution in [3.63, 3.8) is 0 Å². The molecule has 3 nitrogen and oxygen atoms in total. The first-order valence-electron chi connectivity index (χ1n) is 8.31. The maximum atomic E-state index is 5.86. The van der Waals surface area contributed by atoms with Crippen LogP contribution in [-0.4, -0.2) is 12.6 Å². The molecule has 3 rings (SSSR count). The number of fused-ring (bicyclic) bond motifs is 1. The van der Waals surface area contributed by atoms with Crippen LogP contribution in [0.5, 0.6) is 5.75 Å². The highest BCUT2D eigenvalue weighted by molar-refractivity contribution is 5.39. The number of rotatable bonds is 5. The van der Waals surface area contributed by atoms with Gasteiger partial charge in [0, 0.05) is 12.5 Å². The molecule has 116 valence electrons. The van der Waals surface area contributed by atoms with Crippen molar-refractivity contribution in [1.82, 2.24) is 5.43 Å². The Bertz CT molecular complexity index is 498. The number of nitrogens with two attached hydrogens (primary N) is 1. The average molecular weight is 288 g/mol. The fraction of sp³-hybridized carbons (Fsp3) is 0.667. The maximum Gasteiger partial charge on any atom is 0.122 e. The number of hydrazine groups is 1. The van der Waals surface area contributed by atoms with Gasteiger partial charge in [0.05, 0.1) is 6.61 Å². The second kappa shape index (κ2) is 5.98. The van der Waals surface area contributed by atoms with Crippen molar-refractivity contribution in [1.29, 1.82) is 0 Å². The van der Waals surface area contributed by atoms with Gasteiger partial charge in [-0.3, -0.25) is 11.3 Å². The monoisotopic (exact) mass is 288 g/mol. The minimum absolute atomic E-state index is 0.419. The molecule has 21 heavy (non-hydrogen) atoms. The standard InChI is InChI=1S/C18H28N2O/c1-18(2)10-3-4-15(18)16(20-19)7-5-13-6-8-17-14(12-13)9-11-21-17/h6,8,12,15-16,20H,3-5,7,9-11,19H2,1-2H3. The molecule has 1 fully saturated rings. The van der Waals surface area contributed by atoms with Crippen LogP contribution in [0.1, 0.15) is 50.7 Å². The van der Waals surface area contributed by atoms with Crippen LogP contribution in [0.3, 0.4) is 0 Å². The largest absolute Gasteiger partial charge is 0.493 e. The van der Waals surface area contributed by atoms with E-state index in [9.17, 15) is 0 Å². The van der Waals surface area contributed by atoms with Crippen LogP contribution in [0.15, 0.2) is 18.2 Å². The fourth-order valence-corrected chi connectivity index (χ4v) is 4.22. The van der Waals surface area contributed by atoms with Gasteiger partial charge in [0.15, 0.2) is 0 Å². The summed E-state index contributed by atoms with van der Waals surface area (Å²) in [5.74, 6) is 7.63. The van der Waals surface area contributed by atoms with Crippen LogP contribution in [0, 0.1) is 11.3 Å². The number of ether oxygens (including phenoxy) is 1. The highest BCUT2D eigenvalue weighted by Gasteiger charge is 2.38. The summed E-state index contributed by atoms with van der Waals surface area (Å²) in [4.78, 5) is 0. The van der Waals surface area contributed by atoms with Gasteiger partial charge in [-0.2, -0.15) is 0 Å². The molecule has 3 N–H and O–H groups in total. The van der Waals surface area contributed by atoms with E-state index in [1.807, 2.05) is 0 Å². The molecule has 1 aromatic rings. The van der Waals surface area contributed by atoms with E-state index in [4.69, 9.17) is 10.6 Å². The minimum atomic E-state index is 0.419. The molecule has 1 aliphatic heterocycles. The van der Waals surface area contributed by atoms with Crippen LogP contribution < -0.4 is 16.0 Å². The van der Waals surface area contributed by atoms with Crippen molar-refractivity contribution in [2.45, 2.75) is 58.4 Å². The van der Waals surface area contributed by atoms with Crippen molar-refractivity contribution in [2.24, 2.45) is 17.2 Å². The molecule has 2 aliphatic rings. The van der Waals surface area contributed by atoms with Crippen LogP contribution >= 0.6 is 0 Å². The predicted molar refractivity (Wildman–Crippen MR) is 86.2 cm³/mol. The van der Waals surface area contributed by atoms with E-state index < -0.39 is 0 Å². The van der Waals surface area contributed by atoms with Crippen LogP contribution in [0.25, 0.3) is 0 Å². The fourth-order valence-electron chi connectivity index (χ4n) is 4.22. The number of hydrogen-bond donors (Lipinski definition) is 2. The first-order chi connectivity index (χ1) is 10.1. The lowest BCUT2D eigenvalue weighted by Gasteiger charge is -2.34. The maximum absolute atomic E-state index is 5.86. The van der Waals surface area contributed by atoms with E-state index in [-0.39, 0.29) is 0 Å². The van der Waals surface area contributed by atoms with E-state index >= 15 is 0 Å². The Morgan fingerprint density at radius 3 is 3.00 bits per heavy atom. The molecule has 0 bridgehead atoms. The smallest absolute Gasteiger partial charge is 0.122 e. The summed E-state index contributed by atoms with van der Waals surface area (Å²) in [6.45, 7) is 5.62. The lowest BCUT2D eigenvalue weighted by atomic mass is 9.76. The Labute approximate surface area is 128 Å². The first-order valence-corrected chi connectivity index (χ1v) is 8.31. The predicted octanol–water partition coefficient (Wildman–Crippen LogP) is 3.21. The summed E-state index contributed by atoms with van der Waals surface area (Å²) in [6, 6.07) is 7.07. The van der Waals surface area contributed by atoms with Gasteiger partial charge in [-0.1, -0.05) is 32.4 Å². The summed E-state index contributed by atoms with van der Waals surface area (Å²) in [5, 5.41) is 0. The third-order valence-corrected chi connectivity index (χ3v) is 5.54. The summed E-state index contributed by atoms with van der Waals surface area (Å²) in [6.07, 6.45) is 7.23. The van der Waals surface area contributed by atoms with Crippen molar-refractivity contribution in [2.75, 3.05) is 6.61 Å². The van der Waals surface area contributed by atoms with Crippen molar-refractivity contribution >= 4 is 0 Å². The van der Waals surface area contributed by atoms with Crippen LogP contribution in [0.4, 0.5) is 0 Å². The van der Waals surface area contributed by atoms with Crippen LogP contribution in [-0.2, 0) is 12.8 Å². The second-order valence-electron chi connectivity index (χ2n) is 7.34. The van der Waals surface area contributed by atoms with E-state index in [0.29, 0.717) is 17.4 Å². The SMILES string of the molecule is CC1(C)CCCC1C(CCc1ccc2c(c1)CCO2)NN. The van der Waals surface area contributed by atoms with Gasteiger partial charge in [0.2, 0.25) is 0 Å². The summed E-state index contributed by atoms with van der Waals surface area (Å²) >= 11 is 0. The Morgan fingerprint density at radius 2 is 2.29 bits per heavy atom. The lowest BCUT2D eigenvalue weighted by Crippen LogP contribution is -2.44. The Kier molecular flexibility index (Phi) is 4.23. The molecular formula is C18H28N2O. The minimum Gasteiger partial charge on any atom is -0.493 e. The molecule has 1 aromatic carbocycles. The number of hydrogen-bond acceptors (Lipinski definition) is 3. The molecule has 2 atom stereocenters. The topological polar surface area (TPSA) is 47.3 Å². The van der Waals surface area contributed by atoms with E-state index in [0.717, 1.165) is 31.6 Å². The number of nitrogens with one attached hydrogen (secondary N) is 1. The van der Waals surface area contributed by atoms with Gasteiger partial charge in [0.1, 0.15) is 5.75 Å². The zero-order valence-corrected chi connectivity index (χ0v) is 13.3. The molecule has 0 aromatic heterocycles. The van der Waals surface area contributed by atoms with E-state index in [1.165, 1.54) is 30.4 Å². The van der Waals surface area contributed by atoms with Gasteiger partial charge >= 0.3 is 0 Å². The molecule has 1 aliphatic carbocycles. The molecule has 2 unspecified atom stereocenters. The van der Waals surface area contributed by atoms with Gasteiger partial charge in [-0.25, -0.2) is 0 Å². The van der Waals surface area contributed by atoms with Gasteiger partial charge in [-0.05, 0) is 54.2 Å². The molecule has 1 heterocycles. The molecular weight excluding hydrogens is 260 g/mol. The second-order valence-corrected chi connectivity index (χ2v) is 7.34. The van der Waals surface area contributed by atoms with Crippen molar-refractivity contribution in [3.05, 3.63) is 29.3 Å². The Morgan fingerprint density at radius 1 is 1.43 bits per heavy atom. The summed E-state index contributed by atoms with van der Waals surface area (Å²) < 4.78 is 5.58. The summed E-state index contributed by atoms with van der Waals surface area (Å²) in [7, 11) is 0.